The van der Waals surface area contributed by atoms with Gasteiger partial charge >= 0.3 is 0 Å². The van der Waals surface area contributed by atoms with Gasteiger partial charge in [-0.2, -0.15) is 0 Å². The minimum Gasteiger partial charge on any atom is -0.335 e. The number of hydrogen-bond acceptors (Lipinski definition) is 3. The topological polar surface area (TPSA) is 9.72 Å². The van der Waals surface area contributed by atoms with Gasteiger partial charge in [-0.15, -0.1) is 0 Å². The van der Waals surface area contributed by atoms with E-state index in [1.54, 1.807) is 0 Å². The summed E-state index contributed by atoms with van der Waals surface area (Å²) < 4.78 is 0. The van der Waals surface area contributed by atoms with Crippen LogP contribution in [0.2, 0.25) is 0 Å². The molecule has 6 aliphatic rings. The molecule has 3 nitrogen and oxygen atoms in total. The Hall–Kier alpha value is -8.66. The number of anilines is 7. The Bertz CT molecular complexity index is 4370. The fourth-order valence-electron chi connectivity index (χ4n) is 15.5. The van der Waals surface area contributed by atoms with Gasteiger partial charge in [-0.1, -0.05) is 194 Å². The van der Waals surface area contributed by atoms with E-state index in [9.17, 15) is 0 Å². The van der Waals surface area contributed by atoms with Crippen molar-refractivity contribution in [2.75, 3.05) is 14.7 Å². The van der Waals surface area contributed by atoms with E-state index in [4.69, 9.17) is 0 Å². The average molecular weight is 1100 g/mol. The molecule has 0 spiro atoms. The monoisotopic (exact) mass is 1100 g/mol. The third-order valence-corrected chi connectivity index (χ3v) is 20.7. The normalized spacial score (nSPS) is 18.9. The molecular formula is C82H77N3. The van der Waals surface area contributed by atoms with Crippen LogP contribution >= 0.6 is 0 Å². The van der Waals surface area contributed by atoms with Crippen molar-refractivity contribution in [3.8, 4) is 44.5 Å². The molecule has 15 rings (SSSR count). The van der Waals surface area contributed by atoms with E-state index in [2.05, 4.69) is 310 Å². The second-order valence-electron chi connectivity index (χ2n) is 27.7. The molecule has 0 saturated carbocycles. The Morgan fingerprint density at radius 1 is 0.388 bits per heavy atom. The van der Waals surface area contributed by atoms with E-state index >= 15 is 0 Å². The quantitative estimate of drug-likeness (QED) is 0.150. The lowest BCUT2D eigenvalue weighted by Gasteiger charge is -2.50. The zero-order valence-corrected chi connectivity index (χ0v) is 51.6. The standard InChI is InChI=1S/C82H77N3/c1-50-17-28-58(29-18-50)83(59-30-19-51(2)20-31-59)62-36-40-66-64-38-25-54(43-69(64)80(7,8)71(66)48-62)55-27-42-77-73(45-55)82(11,12)75-47-57(46-74-78(75)85(77)76-16-14-13-15-68(76)79(74,5)6)56-26-39-65-67-41-37-63(49-72(67)81(9,10)70(65)44-56)84(60-32-21-52(3)22-33-60)61-34-23-53(4)24-35-61/h13-23,25-32,34-49,53,60H,24,33H2,1-12H3. The first-order valence-electron chi connectivity index (χ1n) is 31.1. The zero-order valence-electron chi connectivity index (χ0n) is 51.6. The molecular weight excluding hydrogens is 1030 g/mol. The van der Waals surface area contributed by atoms with Crippen LogP contribution in [0.25, 0.3) is 44.5 Å². The fourth-order valence-corrected chi connectivity index (χ4v) is 15.5. The van der Waals surface area contributed by atoms with Gasteiger partial charge in [0.1, 0.15) is 0 Å². The van der Waals surface area contributed by atoms with Gasteiger partial charge in [0.25, 0.3) is 0 Å². The Morgan fingerprint density at radius 3 is 1.41 bits per heavy atom. The van der Waals surface area contributed by atoms with Crippen molar-refractivity contribution in [3.05, 3.63) is 279 Å². The van der Waals surface area contributed by atoms with E-state index in [1.165, 1.54) is 140 Å². The molecule has 0 N–H and O–H groups in total. The summed E-state index contributed by atoms with van der Waals surface area (Å²) >= 11 is 0. The van der Waals surface area contributed by atoms with Crippen LogP contribution < -0.4 is 14.7 Å². The van der Waals surface area contributed by atoms with Gasteiger partial charge in [0.05, 0.1) is 23.1 Å². The van der Waals surface area contributed by atoms with Gasteiger partial charge in [0, 0.05) is 50.1 Å². The van der Waals surface area contributed by atoms with Crippen molar-refractivity contribution in [1.82, 2.24) is 0 Å². The SMILES string of the molecule is CC1=CCC(N(C2=CCC(C)C=C2)c2ccc3c(c2)C(C)(C)c2cc(-c4cc5c6c(c4)C(C)(C)c4cc(-c7ccc8c(c7)C(C)(C)c7cc(N(c9ccc(C)cc9)c9ccc(C)cc9)ccc7-8)ccc4N6c4ccccc4C5(C)C)ccc2-3)C=C1. The van der Waals surface area contributed by atoms with Gasteiger partial charge in [-0.25, -0.2) is 0 Å². The minimum atomic E-state index is -0.328. The first-order chi connectivity index (χ1) is 40.8. The first-order valence-corrected chi connectivity index (χ1v) is 31.1. The van der Waals surface area contributed by atoms with E-state index < -0.39 is 0 Å². The third kappa shape index (κ3) is 8.12. The van der Waals surface area contributed by atoms with Gasteiger partial charge in [0.15, 0.2) is 0 Å². The molecule has 2 aliphatic heterocycles. The van der Waals surface area contributed by atoms with Crippen LogP contribution in [0.3, 0.4) is 0 Å². The number of allylic oxidation sites excluding steroid dienone is 5. The van der Waals surface area contributed by atoms with E-state index in [0.29, 0.717) is 5.92 Å². The molecule has 420 valence electrons. The number of rotatable bonds is 8. The number of benzene rings is 9. The summed E-state index contributed by atoms with van der Waals surface area (Å²) in [5.74, 6) is 0.555. The molecule has 2 atom stereocenters. The van der Waals surface area contributed by atoms with Crippen molar-refractivity contribution in [2.24, 2.45) is 5.92 Å². The Kier molecular flexibility index (Phi) is 11.8. The van der Waals surface area contributed by atoms with Gasteiger partial charge in [-0.05, 0) is 226 Å². The molecule has 0 radical (unpaired) electrons. The molecule has 2 heterocycles. The maximum Gasteiger partial charge on any atom is 0.0559 e. The van der Waals surface area contributed by atoms with Crippen molar-refractivity contribution < 1.29 is 0 Å². The van der Waals surface area contributed by atoms with Gasteiger partial charge < -0.3 is 14.7 Å². The smallest absolute Gasteiger partial charge is 0.0559 e. The molecule has 2 unspecified atom stereocenters. The second-order valence-corrected chi connectivity index (χ2v) is 27.7. The lowest BCUT2D eigenvalue weighted by molar-refractivity contribution is 0.598. The average Bonchev–Trinajstić information content (AvgIpc) is 1.41. The molecule has 0 fully saturated rings. The molecule has 0 aromatic heterocycles. The molecule has 9 aromatic carbocycles. The van der Waals surface area contributed by atoms with Crippen molar-refractivity contribution in [3.63, 3.8) is 0 Å². The van der Waals surface area contributed by atoms with Crippen LogP contribution in [0, 0.1) is 19.8 Å². The fraction of sp³-hybridized carbons (Fsp3) is 0.244. The van der Waals surface area contributed by atoms with Crippen molar-refractivity contribution >= 4 is 39.8 Å². The molecule has 0 bridgehead atoms. The van der Waals surface area contributed by atoms with Crippen molar-refractivity contribution in [1.29, 1.82) is 0 Å². The number of fused-ring (bicyclic) bond motifs is 10. The minimum absolute atomic E-state index is 0.207. The summed E-state index contributed by atoms with van der Waals surface area (Å²) in [6, 6.07) is 68.7. The Labute approximate surface area is 505 Å². The third-order valence-electron chi connectivity index (χ3n) is 20.7. The van der Waals surface area contributed by atoms with Gasteiger partial charge in [-0.3, -0.25) is 0 Å². The lowest BCUT2D eigenvalue weighted by atomic mass is 9.65. The van der Waals surface area contributed by atoms with Gasteiger partial charge in [0.2, 0.25) is 0 Å². The van der Waals surface area contributed by atoms with E-state index in [-0.39, 0.29) is 27.7 Å². The van der Waals surface area contributed by atoms with Crippen LogP contribution in [0.4, 0.5) is 39.8 Å². The lowest BCUT2D eigenvalue weighted by Crippen LogP contribution is -2.38. The Morgan fingerprint density at radius 2 is 0.847 bits per heavy atom. The number of nitrogens with zero attached hydrogens (tertiary/aromatic N) is 3. The molecule has 4 aliphatic carbocycles. The number of para-hydroxylation sites is 1. The predicted octanol–water partition coefficient (Wildman–Crippen LogP) is 22.0. The van der Waals surface area contributed by atoms with Crippen LogP contribution in [0.1, 0.15) is 138 Å². The summed E-state index contributed by atoms with van der Waals surface area (Å²) in [5, 5.41) is 0. The van der Waals surface area contributed by atoms with Crippen molar-refractivity contribution in [2.45, 2.75) is 124 Å². The highest BCUT2D eigenvalue weighted by molar-refractivity contribution is 5.96. The molecule has 0 amide bonds. The molecule has 85 heavy (non-hydrogen) atoms. The summed E-state index contributed by atoms with van der Waals surface area (Å²) in [5.41, 5.74) is 34.1. The highest BCUT2D eigenvalue weighted by Crippen LogP contribution is 2.62. The number of aryl methyl sites for hydroxylation is 2. The van der Waals surface area contributed by atoms with Crippen LogP contribution in [0.15, 0.2) is 224 Å². The summed E-state index contributed by atoms with van der Waals surface area (Å²) in [4.78, 5) is 7.60. The van der Waals surface area contributed by atoms with Crippen LogP contribution in [-0.2, 0) is 21.7 Å². The van der Waals surface area contributed by atoms with Crippen LogP contribution in [0.5, 0.6) is 0 Å². The largest absolute Gasteiger partial charge is 0.335 e. The van der Waals surface area contributed by atoms with E-state index in [0.717, 1.165) is 24.2 Å². The summed E-state index contributed by atoms with van der Waals surface area (Å²) in [6.45, 7) is 28.4. The first kappa shape index (κ1) is 53.1. The predicted molar refractivity (Wildman–Crippen MR) is 360 cm³/mol. The maximum atomic E-state index is 2.61. The Balaban J connectivity index is 0.803. The van der Waals surface area contributed by atoms with E-state index in [1.807, 2.05) is 0 Å². The maximum absolute atomic E-state index is 2.61. The zero-order chi connectivity index (χ0) is 58.6. The molecule has 3 heteroatoms. The summed E-state index contributed by atoms with van der Waals surface area (Å²) in [7, 11) is 0. The van der Waals surface area contributed by atoms with Crippen LogP contribution in [-0.4, -0.2) is 6.04 Å². The molecule has 9 aromatic rings. The second kappa shape index (κ2) is 18.9. The number of hydrogen-bond donors (Lipinski definition) is 0. The summed E-state index contributed by atoms with van der Waals surface area (Å²) in [6.07, 6.45) is 16.3. The highest BCUT2D eigenvalue weighted by Gasteiger charge is 2.47. The highest BCUT2D eigenvalue weighted by atomic mass is 15.2. The molecule has 0 saturated heterocycles.